The molecule has 2 aliphatic rings. The van der Waals surface area contributed by atoms with Gasteiger partial charge in [-0.1, -0.05) is 46.5 Å². The van der Waals surface area contributed by atoms with Gasteiger partial charge in [0.25, 0.3) is 0 Å². The number of ether oxygens (including phenoxy) is 1. The molecular formula is C24H35FO2. The van der Waals surface area contributed by atoms with Gasteiger partial charge in [-0.25, -0.2) is 4.39 Å². The minimum Gasteiger partial charge on any atom is -0.487 e. The van der Waals surface area contributed by atoms with Crippen molar-refractivity contribution in [3.05, 3.63) is 29.1 Å². The predicted octanol–water partition coefficient (Wildman–Crippen LogP) is 6.70. The Morgan fingerprint density at radius 3 is 2.67 bits per heavy atom. The second kappa shape index (κ2) is 7.56. The second-order valence-corrected chi connectivity index (χ2v) is 9.76. The molecule has 0 unspecified atom stereocenters. The number of hydrogen-bond donors (Lipinski definition) is 0. The summed E-state index contributed by atoms with van der Waals surface area (Å²) in [5.74, 6) is 0.869. The van der Waals surface area contributed by atoms with E-state index in [2.05, 4.69) is 40.7 Å². The van der Waals surface area contributed by atoms with Gasteiger partial charge in [0.1, 0.15) is 23.0 Å². The van der Waals surface area contributed by atoms with Crippen LogP contribution in [0.15, 0.2) is 12.1 Å². The normalized spacial score (nSPS) is 24.1. The van der Waals surface area contributed by atoms with Crippen molar-refractivity contribution in [3.63, 3.8) is 0 Å². The number of rotatable bonds is 6. The molecule has 1 saturated carbocycles. The Morgan fingerprint density at radius 1 is 1.22 bits per heavy atom. The predicted molar refractivity (Wildman–Crippen MR) is 108 cm³/mol. The van der Waals surface area contributed by atoms with Crippen molar-refractivity contribution in [2.24, 2.45) is 5.92 Å². The molecule has 0 spiro atoms. The summed E-state index contributed by atoms with van der Waals surface area (Å²) in [7, 11) is 0. The lowest BCUT2D eigenvalue weighted by Gasteiger charge is -2.47. The first-order valence-electron chi connectivity index (χ1n) is 10.7. The maximum Gasteiger partial charge on any atom is 0.133 e. The van der Waals surface area contributed by atoms with Crippen molar-refractivity contribution in [1.82, 2.24) is 0 Å². The van der Waals surface area contributed by atoms with Gasteiger partial charge >= 0.3 is 0 Å². The highest BCUT2D eigenvalue weighted by molar-refractivity contribution is 5.80. The molecule has 1 aromatic rings. The van der Waals surface area contributed by atoms with Crippen LogP contribution in [-0.4, -0.2) is 11.4 Å². The van der Waals surface area contributed by atoms with Crippen molar-refractivity contribution in [3.8, 4) is 5.75 Å². The van der Waals surface area contributed by atoms with Crippen LogP contribution in [0.25, 0.3) is 0 Å². The van der Waals surface area contributed by atoms with Gasteiger partial charge in [0.05, 0.1) is 0 Å². The highest BCUT2D eigenvalue weighted by Gasteiger charge is 2.47. The van der Waals surface area contributed by atoms with Crippen LogP contribution in [0, 0.1) is 11.7 Å². The Balaban J connectivity index is 1.92. The Labute approximate surface area is 163 Å². The molecule has 0 saturated heterocycles. The van der Waals surface area contributed by atoms with Crippen molar-refractivity contribution >= 4 is 5.78 Å². The Hall–Kier alpha value is -1.38. The molecular weight excluding hydrogens is 339 g/mol. The molecule has 2 atom stereocenters. The number of ketones is 1. The van der Waals surface area contributed by atoms with E-state index in [9.17, 15) is 4.79 Å². The summed E-state index contributed by atoms with van der Waals surface area (Å²) in [4.78, 5) is 12.1. The molecule has 0 radical (unpaired) electrons. The van der Waals surface area contributed by atoms with E-state index in [0.717, 1.165) is 24.8 Å². The molecule has 27 heavy (non-hydrogen) atoms. The standard InChI is InChI=1S/C24H35FO2/c1-6-7-8-9-12-23(2,3)16-13-20(25)22-18-15-17(26)10-11-19(18)24(4,5)27-21(22)14-16/h13-14,18-19H,6-12,15H2,1-5H3/t18-,19-/m1/s1. The van der Waals surface area contributed by atoms with E-state index in [1.54, 1.807) is 6.07 Å². The maximum atomic E-state index is 15.3. The number of carbonyl (C=O) groups excluding carboxylic acids is 1. The molecule has 3 rings (SSSR count). The van der Waals surface area contributed by atoms with Gasteiger partial charge in [0, 0.05) is 30.2 Å². The lowest BCUT2D eigenvalue weighted by Crippen LogP contribution is -2.47. The third-order valence-corrected chi connectivity index (χ3v) is 6.83. The molecule has 1 aromatic carbocycles. The molecule has 0 N–H and O–H groups in total. The number of benzene rings is 1. The Kier molecular flexibility index (Phi) is 5.70. The van der Waals surface area contributed by atoms with Crippen molar-refractivity contribution in [2.75, 3.05) is 0 Å². The van der Waals surface area contributed by atoms with E-state index >= 15 is 4.39 Å². The average molecular weight is 375 g/mol. The summed E-state index contributed by atoms with van der Waals surface area (Å²) < 4.78 is 21.6. The molecule has 150 valence electrons. The summed E-state index contributed by atoms with van der Waals surface area (Å²) >= 11 is 0. The van der Waals surface area contributed by atoms with Gasteiger partial charge in [0.2, 0.25) is 0 Å². The van der Waals surface area contributed by atoms with Crippen molar-refractivity contribution in [1.29, 1.82) is 0 Å². The third-order valence-electron chi connectivity index (χ3n) is 6.83. The molecule has 2 nitrogen and oxygen atoms in total. The highest BCUT2D eigenvalue weighted by Crippen LogP contribution is 2.52. The summed E-state index contributed by atoms with van der Waals surface area (Å²) in [5.41, 5.74) is 1.19. The molecule has 3 heteroatoms. The first kappa shape index (κ1) is 20.4. The molecule has 0 aromatic heterocycles. The van der Waals surface area contributed by atoms with E-state index in [4.69, 9.17) is 4.74 Å². The van der Waals surface area contributed by atoms with Crippen LogP contribution in [0.3, 0.4) is 0 Å². The van der Waals surface area contributed by atoms with E-state index in [1.165, 1.54) is 19.3 Å². The fourth-order valence-electron chi connectivity index (χ4n) is 5.07. The van der Waals surface area contributed by atoms with Crippen LogP contribution < -0.4 is 4.74 Å². The van der Waals surface area contributed by atoms with Crippen molar-refractivity contribution in [2.45, 2.75) is 103 Å². The molecule has 1 aliphatic carbocycles. The zero-order valence-electron chi connectivity index (χ0n) is 17.7. The van der Waals surface area contributed by atoms with Crippen molar-refractivity contribution < 1.29 is 13.9 Å². The fraction of sp³-hybridized carbons (Fsp3) is 0.708. The number of halogens is 1. The molecule has 1 heterocycles. The van der Waals surface area contributed by atoms with Crippen LogP contribution in [0.4, 0.5) is 4.39 Å². The zero-order valence-corrected chi connectivity index (χ0v) is 17.7. The quantitative estimate of drug-likeness (QED) is 0.518. The van der Waals surface area contributed by atoms with Gasteiger partial charge in [0.15, 0.2) is 0 Å². The summed E-state index contributed by atoms with van der Waals surface area (Å²) in [6.07, 6.45) is 7.73. The van der Waals surface area contributed by atoms with Gasteiger partial charge in [-0.3, -0.25) is 4.79 Å². The van der Waals surface area contributed by atoms with Gasteiger partial charge < -0.3 is 4.74 Å². The fourth-order valence-corrected chi connectivity index (χ4v) is 5.07. The molecule has 0 bridgehead atoms. The minimum atomic E-state index is -0.366. The second-order valence-electron chi connectivity index (χ2n) is 9.76. The number of carbonyl (C=O) groups is 1. The van der Waals surface area contributed by atoms with E-state index < -0.39 is 0 Å². The van der Waals surface area contributed by atoms with E-state index in [1.807, 2.05) is 0 Å². The first-order chi connectivity index (χ1) is 12.7. The first-order valence-corrected chi connectivity index (χ1v) is 10.7. The highest BCUT2D eigenvalue weighted by atomic mass is 19.1. The summed E-state index contributed by atoms with van der Waals surface area (Å²) in [5, 5.41) is 0. The largest absolute Gasteiger partial charge is 0.487 e. The van der Waals surface area contributed by atoms with E-state index in [-0.39, 0.29) is 34.5 Å². The Bertz CT molecular complexity index is 705. The van der Waals surface area contributed by atoms with Gasteiger partial charge in [-0.05, 0) is 49.8 Å². The van der Waals surface area contributed by atoms with Crippen LogP contribution in [0.1, 0.15) is 103 Å². The number of unbranched alkanes of at least 4 members (excludes halogenated alkanes) is 3. The van der Waals surface area contributed by atoms with Crippen LogP contribution in [0.5, 0.6) is 5.75 Å². The summed E-state index contributed by atoms with van der Waals surface area (Å²) in [6.45, 7) is 10.8. The lowest BCUT2D eigenvalue weighted by molar-refractivity contribution is -0.124. The molecule has 1 aliphatic heterocycles. The van der Waals surface area contributed by atoms with Crippen LogP contribution >= 0.6 is 0 Å². The van der Waals surface area contributed by atoms with Gasteiger partial charge in [-0.15, -0.1) is 0 Å². The lowest BCUT2D eigenvalue weighted by atomic mass is 9.66. The smallest absolute Gasteiger partial charge is 0.133 e. The van der Waals surface area contributed by atoms with Crippen LogP contribution in [0.2, 0.25) is 0 Å². The SMILES string of the molecule is CCCCCCC(C)(C)c1cc(F)c2c(c1)OC(C)(C)[C@@H]1CCC(=O)C[C@@H]21. The van der Waals surface area contributed by atoms with Crippen LogP contribution in [-0.2, 0) is 10.2 Å². The van der Waals surface area contributed by atoms with Gasteiger partial charge in [-0.2, -0.15) is 0 Å². The molecule has 1 fully saturated rings. The molecule has 0 amide bonds. The monoisotopic (exact) mass is 374 g/mol. The minimum absolute atomic E-state index is 0.0493. The third kappa shape index (κ3) is 4.07. The Morgan fingerprint density at radius 2 is 1.96 bits per heavy atom. The number of hydrogen-bond acceptors (Lipinski definition) is 2. The average Bonchev–Trinajstić information content (AvgIpc) is 2.57. The zero-order chi connectivity index (χ0) is 19.8. The summed E-state index contributed by atoms with van der Waals surface area (Å²) in [6, 6.07) is 3.76. The number of Topliss-reactive ketones (excluding diaryl/α,β-unsaturated/α-hetero) is 1. The van der Waals surface area contributed by atoms with E-state index in [0.29, 0.717) is 24.2 Å². The topological polar surface area (TPSA) is 26.3 Å². The maximum absolute atomic E-state index is 15.3. The number of fused-ring (bicyclic) bond motifs is 3.